The number of furan rings is 1. The predicted octanol–water partition coefficient (Wildman–Crippen LogP) is 4.48. The Morgan fingerprint density at radius 3 is 2.73 bits per heavy atom. The summed E-state index contributed by atoms with van der Waals surface area (Å²) in [4.78, 5) is 16.2. The topological polar surface area (TPSA) is 87.4 Å². The van der Waals surface area contributed by atoms with Crippen molar-refractivity contribution in [3.05, 3.63) is 64.5 Å². The van der Waals surface area contributed by atoms with Crippen LogP contribution >= 0.6 is 35.4 Å². The van der Waals surface area contributed by atoms with Crippen LogP contribution in [0.5, 0.6) is 5.75 Å². The number of nitrogens with zero attached hydrogens (tertiary/aromatic N) is 1. The molecule has 26 heavy (non-hydrogen) atoms. The van der Waals surface area contributed by atoms with Crippen molar-refractivity contribution in [3.63, 3.8) is 0 Å². The van der Waals surface area contributed by atoms with Gasteiger partial charge in [0.25, 0.3) is 5.91 Å². The summed E-state index contributed by atoms with van der Waals surface area (Å²) in [6.07, 6.45) is 1.47. The van der Waals surface area contributed by atoms with Crippen LogP contribution in [0.25, 0.3) is 11.3 Å². The number of benzene rings is 1. The zero-order chi connectivity index (χ0) is 18.7. The first-order valence-corrected chi connectivity index (χ1v) is 8.42. The van der Waals surface area contributed by atoms with Gasteiger partial charge in [0, 0.05) is 16.8 Å². The Morgan fingerprint density at radius 1 is 1.19 bits per heavy atom. The fourth-order valence-corrected chi connectivity index (χ4v) is 2.78. The predicted molar refractivity (Wildman–Crippen MR) is 104 cm³/mol. The summed E-state index contributed by atoms with van der Waals surface area (Å²) in [6, 6.07) is 11.1. The summed E-state index contributed by atoms with van der Waals surface area (Å²) >= 11 is 17.0. The number of carbonyl (C=O) groups is 1. The van der Waals surface area contributed by atoms with Gasteiger partial charge in [0.1, 0.15) is 5.76 Å². The molecule has 132 valence electrons. The van der Waals surface area contributed by atoms with E-state index in [1.165, 1.54) is 18.3 Å². The minimum atomic E-state index is -0.561. The van der Waals surface area contributed by atoms with E-state index in [0.29, 0.717) is 21.4 Å². The van der Waals surface area contributed by atoms with Gasteiger partial charge in [-0.05, 0) is 54.7 Å². The molecular weight excluding hydrogens is 397 g/mol. The smallest absolute Gasteiger partial charge is 0.293 e. The van der Waals surface area contributed by atoms with Crippen LogP contribution in [0.4, 0.5) is 5.82 Å². The molecule has 0 aliphatic carbocycles. The van der Waals surface area contributed by atoms with Crippen molar-refractivity contribution in [1.82, 2.24) is 10.3 Å². The molecule has 0 unspecified atom stereocenters. The van der Waals surface area contributed by atoms with Crippen LogP contribution in [0.3, 0.4) is 0 Å². The third-order valence-electron chi connectivity index (χ3n) is 3.27. The van der Waals surface area contributed by atoms with Gasteiger partial charge in [0.15, 0.2) is 22.4 Å². The molecule has 9 heteroatoms. The van der Waals surface area contributed by atoms with Crippen molar-refractivity contribution >= 4 is 52.3 Å². The Morgan fingerprint density at radius 2 is 2.00 bits per heavy atom. The number of thiocarbonyl (C=S) groups is 1. The van der Waals surface area contributed by atoms with Gasteiger partial charge in [-0.25, -0.2) is 4.98 Å². The monoisotopic (exact) mass is 407 g/mol. The van der Waals surface area contributed by atoms with Crippen LogP contribution in [0.15, 0.2) is 53.1 Å². The molecule has 0 saturated heterocycles. The van der Waals surface area contributed by atoms with E-state index in [1.807, 2.05) is 0 Å². The first-order valence-electron chi connectivity index (χ1n) is 7.25. The lowest BCUT2D eigenvalue weighted by Gasteiger charge is -2.08. The normalized spacial score (nSPS) is 10.4. The minimum Gasteiger partial charge on any atom is -0.504 e. The van der Waals surface area contributed by atoms with E-state index >= 15 is 0 Å². The second kappa shape index (κ2) is 7.74. The van der Waals surface area contributed by atoms with E-state index in [2.05, 4.69) is 15.6 Å². The van der Waals surface area contributed by atoms with Gasteiger partial charge in [-0.2, -0.15) is 0 Å². The Hall–Kier alpha value is -2.61. The van der Waals surface area contributed by atoms with Crippen LogP contribution in [-0.4, -0.2) is 21.1 Å². The van der Waals surface area contributed by atoms with E-state index in [1.54, 1.807) is 30.3 Å². The summed E-state index contributed by atoms with van der Waals surface area (Å²) in [5, 5.41) is 15.6. The number of amides is 1. The van der Waals surface area contributed by atoms with E-state index in [4.69, 9.17) is 39.8 Å². The number of anilines is 1. The lowest BCUT2D eigenvalue weighted by atomic mass is 10.2. The van der Waals surface area contributed by atoms with Crippen molar-refractivity contribution in [3.8, 4) is 17.1 Å². The Balaban J connectivity index is 1.70. The molecule has 3 N–H and O–H groups in total. The third kappa shape index (κ3) is 4.13. The molecule has 0 aliphatic rings. The maximum absolute atomic E-state index is 12.2. The highest BCUT2D eigenvalue weighted by Crippen LogP contribution is 2.31. The highest BCUT2D eigenvalue weighted by atomic mass is 35.5. The van der Waals surface area contributed by atoms with Crippen molar-refractivity contribution in [1.29, 1.82) is 0 Å². The number of pyridine rings is 1. The number of aromatic hydroxyl groups is 1. The van der Waals surface area contributed by atoms with E-state index in [0.717, 1.165) is 0 Å². The van der Waals surface area contributed by atoms with Gasteiger partial charge in [0.05, 0.1) is 5.02 Å². The number of hydrogen-bond donors (Lipinski definition) is 3. The largest absolute Gasteiger partial charge is 0.504 e. The number of hydrogen-bond acceptors (Lipinski definition) is 5. The summed E-state index contributed by atoms with van der Waals surface area (Å²) in [6.45, 7) is 0. The van der Waals surface area contributed by atoms with E-state index < -0.39 is 5.91 Å². The van der Waals surface area contributed by atoms with Crippen molar-refractivity contribution < 1.29 is 14.3 Å². The molecule has 3 aromatic rings. The van der Waals surface area contributed by atoms with Gasteiger partial charge < -0.3 is 14.8 Å². The van der Waals surface area contributed by atoms with Crippen LogP contribution < -0.4 is 10.6 Å². The molecule has 0 radical (unpaired) electrons. The maximum Gasteiger partial charge on any atom is 0.293 e. The highest BCUT2D eigenvalue weighted by molar-refractivity contribution is 7.80. The van der Waals surface area contributed by atoms with Crippen molar-refractivity contribution in [2.24, 2.45) is 0 Å². The Kier molecular flexibility index (Phi) is 5.41. The molecule has 3 rings (SSSR count). The average molecular weight is 408 g/mol. The number of rotatable bonds is 3. The standard InChI is InChI=1S/C17H11Cl2N3O3S/c18-9-3-4-10(11(19)8-9)13-5-6-14(25-13)16(24)22-17(26)21-15-12(23)2-1-7-20-15/h1-8,23H,(H2,20,21,22,24,26). The molecule has 6 nitrogen and oxygen atoms in total. The SMILES string of the molecule is O=C(NC(=S)Nc1ncccc1O)c1ccc(-c2ccc(Cl)cc2Cl)o1. The first kappa shape index (κ1) is 18.2. The van der Waals surface area contributed by atoms with Crippen molar-refractivity contribution in [2.45, 2.75) is 0 Å². The minimum absolute atomic E-state index is 0.0357. The lowest BCUT2D eigenvalue weighted by molar-refractivity contribution is 0.0951. The molecular formula is C17H11Cl2N3O3S. The molecule has 0 saturated carbocycles. The van der Waals surface area contributed by atoms with Gasteiger partial charge in [-0.15, -0.1) is 0 Å². The molecule has 0 aliphatic heterocycles. The molecule has 0 bridgehead atoms. The average Bonchev–Trinajstić information content (AvgIpc) is 3.07. The fraction of sp³-hybridized carbons (Fsp3) is 0. The van der Waals surface area contributed by atoms with E-state index in [9.17, 15) is 9.90 Å². The molecule has 1 amide bonds. The number of carbonyl (C=O) groups excluding carboxylic acids is 1. The van der Waals surface area contributed by atoms with Crippen LogP contribution in [0.2, 0.25) is 10.0 Å². The van der Waals surface area contributed by atoms with Gasteiger partial charge >= 0.3 is 0 Å². The molecule has 2 aromatic heterocycles. The Bertz CT molecular complexity index is 991. The highest BCUT2D eigenvalue weighted by Gasteiger charge is 2.16. The molecule has 0 fully saturated rings. The lowest BCUT2D eigenvalue weighted by Crippen LogP contribution is -2.34. The fourth-order valence-electron chi connectivity index (χ4n) is 2.09. The first-order chi connectivity index (χ1) is 12.4. The molecule has 0 spiro atoms. The molecule has 2 heterocycles. The summed E-state index contributed by atoms with van der Waals surface area (Å²) in [5.74, 6) is -0.0691. The second-order valence-corrected chi connectivity index (χ2v) is 6.32. The zero-order valence-corrected chi connectivity index (χ0v) is 15.3. The quantitative estimate of drug-likeness (QED) is 0.554. The summed E-state index contributed by atoms with van der Waals surface area (Å²) in [7, 11) is 0. The Labute approximate surface area is 163 Å². The van der Waals surface area contributed by atoms with E-state index in [-0.39, 0.29) is 22.4 Å². The summed E-state index contributed by atoms with van der Waals surface area (Å²) in [5.41, 5.74) is 0.606. The number of halogens is 2. The maximum atomic E-state index is 12.2. The zero-order valence-electron chi connectivity index (χ0n) is 13.0. The van der Waals surface area contributed by atoms with Crippen LogP contribution in [0.1, 0.15) is 10.6 Å². The van der Waals surface area contributed by atoms with Crippen molar-refractivity contribution in [2.75, 3.05) is 5.32 Å². The molecule has 0 atom stereocenters. The third-order valence-corrected chi connectivity index (χ3v) is 4.02. The van der Waals surface area contributed by atoms with Gasteiger partial charge in [-0.3, -0.25) is 10.1 Å². The van der Waals surface area contributed by atoms with Gasteiger partial charge in [-0.1, -0.05) is 23.2 Å². The second-order valence-electron chi connectivity index (χ2n) is 5.07. The number of aromatic nitrogens is 1. The van der Waals surface area contributed by atoms with Gasteiger partial charge in [0.2, 0.25) is 0 Å². The number of nitrogens with one attached hydrogen (secondary N) is 2. The summed E-state index contributed by atoms with van der Waals surface area (Å²) < 4.78 is 5.54. The van der Waals surface area contributed by atoms with Crippen LogP contribution in [0, 0.1) is 0 Å². The van der Waals surface area contributed by atoms with Crippen LogP contribution in [-0.2, 0) is 0 Å². The molecule has 1 aromatic carbocycles.